The molecule has 0 heterocycles. The molecule has 0 unspecified atom stereocenters. The number of rotatable bonds is 12. The third-order valence-corrected chi connectivity index (χ3v) is 112. The molecule has 0 nitrogen and oxygen atoms in total. The molecule has 9 rings (SSSR count). The molecular weight excluding hydrogens is 1020 g/mol. The van der Waals surface area contributed by atoms with E-state index in [0.29, 0.717) is 0 Å². The summed E-state index contributed by atoms with van der Waals surface area (Å²) >= 11 is 0. The zero-order valence-electron chi connectivity index (χ0n) is 41.4. The molecule has 9 aromatic rings. The van der Waals surface area contributed by atoms with Crippen molar-refractivity contribution in [1.82, 2.24) is 0 Å². The molecule has 0 N–H and O–H groups in total. The molecule has 9 aromatic carbocycles. The third-order valence-electron chi connectivity index (χ3n) is 15.0. The first-order valence-corrected chi connectivity index (χ1v) is 41.9. The summed E-state index contributed by atoms with van der Waals surface area (Å²) in [7, 11) is 15.9. The molecule has 0 atom stereocenters. The number of benzene rings is 9. The van der Waals surface area contributed by atoms with Crippen molar-refractivity contribution in [1.29, 1.82) is 0 Å². The molecule has 0 aliphatic heterocycles. The van der Waals surface area contributed by atoms with Crippen molar-refractivity contribution < 1.29 is 10.2 Å². The van der Waals surface area contributed by atoms with Gasteiger partial charge in [-0.1, -0.05) is 0 Å². The van der Waals surface area contributed by atoms with Crippen LogP contribution >= 0.6 is 36.2 Å². The van der Waals surface area contributed by atoms with Crippen LogP contribution in [-0.4, -0.2) is 0 Å². The molecule has 0 aliphatic carbocycles. The fourth-order valence-electron chi connectivity index (χ4n) is 12.0. The zero-order valence-corrected chi connectivity index (χ0v) is 47.6. The molecule has 0 bridgehead atoms. The first-order valence-electron chi connectivity index (χ1n) is 24.0. The summed E-state index contributed by atoms with van der Waals surface area (Å²) in [6.45, 7) is 21.0. The minimum absolute atomic E-state index is 1.22. The minimum atomic E-state index is -6.36. The SMILES string of the molecule is Cc1ccccc1[PH](c1ccccc1C)(c1ccccc1C)[Ru]([Cl])([Cl])([PH](c1ccccc1C)(c1ccccc1C)c1ccccc1C)[PH](c1ccccc1C)(c1ccccc1C)c1ccccc1C. The van der Waals surface area contributed by atoms with E-state index in [-0.39, 0.29) is 0 Å². The van der Waals surface area contributed by atoms with Gasteiger partial charge in [-0.25, -0.2) is 0 Å². The van der Waals surface area contributed by atoms with Crippen molar-refractivity contribution >= 4 is 83.9 Å². The van der Waals surface area contributed by atoms with Gasteiger partial charge in [0.2, 0.25) is 0 Å². The maximum atomic E-state index is 11.1. The van der Waals surface area contributed by atoms with E-state index in [1.807, 2.05) is 0 Å². The van der Waals surface area contributed by atoms with E-state index in [9.17, 15) is 19.4 Å². The molecule has 0 amide bonds. The van der Waals surface area contributed by atoms with Gasteiger partial charge in [-0.2, -0.15) is 0 Å². The van der Waals surface area contributed by atoms with Crippen LogP contribution in [0.5, 0.6) is 0 Å². The fraction of sp³-hybridized carbons (Fsp3) is 0.143. The van der Waals surface area contributed by atoms with E-state index in [1.165, 1.54) is 97.8 Å². The van der Waals surface area contributed by atoms with Crippen molar-refractivity contribution in [3.63, 3.8) is 0 Å². The van der Waals surface area contributed by atoms with Gasteiger partial charge < -0.3 is 0 Å². The third kappa shape index (κ3) is 7.05. The average molecular weight is 1090 g/mol. The molecule has 0 radical (unpaired) electrons. The molecule has 355 valence electrons. The van der Waals surface area contributed by atoms with Crippen LogP contribution in [0.1, 0.15) is 50.1 Å². The number of hydrogen-bond acceptors (Lipinski definition) is 0. The van der Waals surface area contributed by atoms with Gasteiger partial charge in [0.05, 0.1) is 0 Å². The van der Waals surface area contributed by atoms with Crippen LogP contribution in [0.3, 0.4) is 0 Å². The Bertz CT molecular complexity index is 2690. The Kier molecular flexibility index (Phi) is 13.8. The first kappa shape index (κ1) is 49.5. The Balaban J connectivity index is 1.88. The Hall–Kier alpha value is -4.53. The van der Waals surface area contributed by atoms with Gasteiger partial charge >= 0.3 is 425 Å². The van der Waals surface area contributed by atoms with E-state index in [2.05, 4.69) is 281 Å². The molecule has 6 heteroatoms. The molecule has 0 saturated heterocycles. The van der Waals surface area contributed by atoms with E-state index >= 15 is 0 Å². The predicted octanol–water partition coefficient (Wildman–Crippen LogP) is 13.7. The Morgan fingerprint density at radius 2 is 0.304 bits per heavy atom. The van der Waals surface area contributed by atoms with E-state index in [0.717, 1.165) is 0 Å². The number of aryl methyl sites for hydroxylation is 9. The van der Waals surface area contributed by atoms with Gasteiger partial charge in [-0.15, -0.1) is 0 Å². The van der Waals surface area contributed by atoms with Crippen LogP contribution in [-0.2, 0) is 10.2 Å². The summed E-state index contributed by atoms with van der Waals surface area (Å²) < 4.78 is 0. The monoisotopic (exact) mass is 1090 g/mol. The predicted molar refractivity (Wildman–Crippen MR) is 314 cm³/mol. The van der Waals surface area contributed by atoms with Crippen molar-refractivity contribution in [2.45, 2.75) is 62.3 Å². The summed E-state index contributed by atoms with van der Waals surface area (Å²) in [6, 6.07) is 83.5. The number of halogens is 2. The van der Waals surface area contributed by atoms with Crippen molar-refractivity contribution in [2.24, 2.45) is 0 Å². The molecule has 0 fully saturated rings. The van der Waals surface area contributed by atoms with E-state index < -0.39 is 27.0 Å². The topological polar surface area (TPSA) is 0 Å². The fourth-order valence-corrected chi connectivity index (χ4v) is 146. The summed E-state index contributed by atoms with van der Waals surface area (Å²) in [5, 5.41) is 11.7. The van der Waals surface area contributed by atoms with E-state index in [4.69, 9.17) is 0 Å². The molecule has 0 saturated carbocycles. The van der Waals surface area contributed by atoms with Gasteiger partial charge in [0.15, 0.2) is 0 Å². The van der Waals surface area contributed by atoms with Gasteiger partial charge in [0, 0.05) is 0 Å². The van der Waals surface area contributed by atoms with Crippen molar-refractivity contribution in [3.8, 4) is 0 Å². The summed E-state index contributed by atoms with van der Waals surface area (Å²) in [6.07, 6.45) is 0. The van der Waals surface area contributed by atoms with Gasteiger partial charge in [-0.05, 0) is 0 Å². The Morgan fingerprint density at radius 3 is 0.406 bits per heavy atom. The van der Waals surface area contributed by atoms with Crippen molar-refractivity contribution in [3.05, 3.63) is 268 Å². The van der Waals surface area contributed by atoms with Crippen LogP contribution in [0, 0.1) is 62.3 Å². The first-order chi connectivity index (χ1) is 33.2. The van der Waals surface area contributed by atoms with E-state index in [1.54, 1.807) is 0 Å². The number of hydrogen-bond donors (Lipinski definition) is 0. The molecule has 69 heavy (non-hydrogen) atoms. The Morgan fingerprint density at radius 1 is 0.203 bits per heavy atom. The average Bonchev–Trinajstić information content (AvgIpc) is 3.34. The summed E-state index contributed by atoms with van der Waals surface area (Å²) in [5.74, 6) is 0. The second-order valence-electron chi connectivity index (χ2n) is 19.0. The maximum absolute atomic E-state index is 11.1. The van der Waals surface area contributed by atoms with Crippen LogP contribution in [0.15, 0.2) is 218 Å². The van der Waals surface area contributed by atoms with Crippen LogP contribution in [0.2, 0.25) is 0 Å². The second-order valence-corrected chi connectivity index (χ2v) is 76.8. The van der Waals surface area contributed by atoms with Crippen LogP contribution in [0.25, 0.3) is 0 Å². The van der Waals surface area contributed by atoms with Gasteiger partial charge in [-0.3, -0.25) is 0 Å². The second kappa shape index (κ2) is 19.2. The van der Waals surface area contributed by atoms with Crippen molar-refractivity contribution in [2.75, 3.05) is 0 Å². The van der Waals surface area contributed by atoms with Gasteiger partial charge in [0.1, 0.15) is 0 Å². The Labute approximate surface area is 421 Å². The quantitative estimate of drug-likeness (QED) is 0.0845. The molecule has 0 spiro atoms. The summed E-state index contributed by atoms with van der Waals surface area (Å²) in [4.78, 5) is 0. The van der Waals surface area contributed by atoms with Gasteiger partial charge in [0.25, 0.3) is 0 Å². The van der Waals surface area contributed by atoms with Crippen LogP contribution in [0.4, 0.5) is 0 Å². The molecule has 0 aliphatic rings. The zero-order chi connectivity index (χ0) is 48.8. The summed E-state index contributed by atoms with van der Waals surface area (Å²) in [5.41, 5.74) is -1.38. The molecular formula is C63H66Cl2P3Ru. The molecule has 0 aromatic heterocycles. The normalized spacial score (nSPS) is 13.6. The van der Waals surface area contributed by atoms with Crippen LogP contribution < -0.4 is 47.7 Å². The standard InChI is InChI=1S/3C21H21P.2ClH.Ru/c3*1-16-10-4-7-13-19(16)22(20-14-8-5-11-17(20)2)21-15-9-6-12-18(21)3;;;/h3*4-15H,1-3H3;2*1H;/q;;;;;-1/p+1.